The Morgan fingerprint density at radius 1 is 1.16 bits per heavy atom. The van der Waals surface area contributed by atoms with E-state index < -0.39 is 0 Å². The van der Waals surface area contributed by atoms with E-state index in [1.165, 1.54) is 5.56 Å². The summed E-state index contributed by atoms with van der Waals surface area (Å²) in [5, 5.41) is 3.50. The van der Waals surface area contributed by atoms with Gasteiger partial charge in [-0.2, -0.15) is 0 Å². The van der Waals surface area contributed by atoms with Crippen molar-refractivity contribution in [2.75, 3.05) is 26.9 Å². The Bertz CT molecular complexity index is 352. The van der Waals surface area contributed by atoms with E-state index in [4.69, 9.17) is 9.47 Å². The third-order valence-electron chi connectivity index (χ3n) is 2.93. The molecule has 0 aromatic heterocycles. The molecule has 1 aromatic rings. The maximum absolute atomic E-state index is 5.88. The molecular formula is C16H27NO2. The van der Waals surface area contributed by atoms with Gasteiger partial charge in [0.15, 0.2) is 0 Å². The van der Waals surface area contributed by atoms with Gasteiger partial charge in [-0.15, -0.1) is 0 Å². The van der Waals surface area contributed by atoms with Crippen LogP contribution in [0.2, 0.25) is 0 Å². The first kappa shape index (κ1) is 16.0. The number of rotatable bonds is 9. The zero-order valence-corrected chi connectivity index (χ0v) is 12.6. The lowest BCUT2D eigenvalue weighted by Crippen LogP contribution is -2.21. The summed E-state index contributed by atoms with van der Waals surface area (Å²) in [6, 6.07) is 8.55. The van der Waals surface area contributed by atoms with Gasteiger partial charge in [-0.05, 0) is 31.9 Å². The number of para-hydroxylation sites is 1. The molecule has 19 heavy (non-hydrogen) atoms. The lowest BCUT2D eigenvalue weighted by atomic mass is 10.1. The van der Waals surface area contributed by atoms with Crippen LogP contribution >= 0.6 is 0 Å². The van der Waals surface area contributed by atoms with Gasteiger partial charge in [-0.3, -0.25) is 0 Å². The summed E-state index contributed by atoms with van der Waals surface area (Å²) >= 11 is 0. The molecule has 0 aliphatic heterocycles. The van der Waals surface area contributed by atoms with Gasteiger partial charge in [0.1, 0.15) is 5.75 Å². The molecule has 0 aliphatic rings. The highest BCUT2D eigenvalue weighted by molar-refractivity contribution is 5.35. The van der Waals surface area contributed by atoms with Gasteiger partial charge in [0.05, 0.1) is 6.61 Å². The number of ether oxygens (including phenoxy) is 2. The minimum atomic E-state index is 0.292. The average molecular weight is 265 g/mol. The minimum absolute atomic E-state index is 0.292. The molecule has 108 valence electrons. The maximum atomic E-state index is 5.88. The monoisotopic (exact) mass is 265 g/mol. The van der Waals surface area contributed by atoms with Gasteiger partial charge in [0, 0.05) is 25.3 Å². The molecule has 0 saturated carbocycles. The van der Waals surface area contributed by atoms with Crippen molar-refractivity contribution in [2.45, 2.75) is 33.2 Å². The van der Waals surface area contributed by atoms with Gasteiger partial charge in [0.25, 0.3) is 0 Å². The Morgan fingerprint density at radius 3 is 2.58 bits per heavy atom. The SMILES string of the molecule is COCCCN[C@@H](C)c1ccccc1OCC(C)C. The Morgan fingerprint density at radius 2 is 1.89 bits per heavy atom. The molecule has 1 N–H and O–H groups in total. The average Bonchev–Trinajstić information content (AvgIpc) is 2.41. The second-order valence-electron chi connectivity index (χ2n) is 5.26. The fourth-order valence-corrected chi connectivity index (χ4v) is 1.87. The predicted molar refractivity (Wildman–Crippen MR) is 79.7 cm³/mol. The molecular weight excluding hydrogens is 238 g/mol. The zero-order valence-electron chi connectivity index (χ0n) is 12.6. The van der Waals surface area contributed by atoms with Gasteiger partial charge in [0.2, 0.25) is 0 Å². The van der Waals surface area contributed by atoms with Gasteiger partial charge >= 0.3 is 0 Å². The molecule has 0 bridgehead atoms. The van der Waals surface area contributed by atoms with Crippen molar-refractivity contribution in [1.29, 1.82) is 0 Å². The lowest BCUT2D eigenvalue weighted by Gasteiger charge is -2.19. The molecule has 0 amide bonds. The Kier molecular flexibility index (Phi) is 7.53. The topological polar surface area (TPSA) is 30.5 Å². The fourth-order valence-electron chi connectivity index (χ4n) is 1.87. The number of hydrogen-bond donors (Lipinski definition) is 1. The second kappa shape index (κ2) is 8.94. The van der Waals surface area contributed by atoms with Crippen LogP contribution in [0.3, 0.4) is 0 Å². The van der Waals surface area contributed by atoms with E-state index in [-0.39, 0.29) is 0 Å². The summed E-state index contributed by atoms with van der Waals surface area (Å²) in [5.41, 5.74) is 1.22. The smallest absolute Gasteiger partial charge is 0.124 e. The van der Waals surface area contributed by atoms with Crippen molar-refractivity contribution >= 4 is 0 Å². The summed E-state index contributed by atoms with van der Waals surface area (Å²) in [5.74, 6) is 1.53. The van der Waals surface area contributed by atoms with Crippen LogP contribution in [0.4, 0.5) is 0 Å². The van der Waals surface area contributed by atoms with Crippen molar-refractivity contribution in [1.82, 2.24) is 5.32 Å². The standard InChI is InChI=1S/C16H27NO2/c1-13(2)12-19-16-9-6-5-8-15(16)14(3)17-10-7-11-18-4/h5-6,8-9,13-14,17H,7,10-12H2,1-4H3/t14-/m0/s1. The van der Waals surface area contributed by atoms with Crippen molar-refractivity contribution in [3.8, 4) is 5.75 Å². The molecule has 0 radical (unpaired) electrons. The molecule has 0 aliphatic carbocycles. The van der Waals surface area contributed by atoms with Crippen LogP contribution in [-0.2, 0) is 4.74 Å². The molecule has 0 spiro atoms. The van der Waals surface area contributed by atoms with Crippen molar-refractivity contribution in [3.63, 3.8) is 0 Å². The minimum Gasteiger partial charge on any atom is -0.493 e. The Hall–Kier alpha value is -1.06. The van der Waals surface area contributed by atoms with Crippen molar-refractivity contribution < 1.29 is 9.47 Å². The van der Waals surface area contributed by atoms with E-state index in [0.29, 0.717) is 12.0 Å². The van der Waals surface area contributed by atoms with E-state index in [1.807, 2.05) is 12.1 Å². The quantitative estimate of drug-likeness (QED) is 0.694. The summed E-state index contributed by atoms with van der Waals surface area (Å²) in [6.45, 7) is 9.00. The lowest BCUT2D eigenvalue weighted by molar-refractivity contribution is 0.193. The number of methoxy groups -OCH3 is 1. The third kappa shape index (κ3) is 6.08. The van der Waals surface area contributed by atoms with Gasteiger partial charge in [-0.1, -0.05) is 32.0 Å². The molecule has 1 aromatic carbocycles. The highest BCUT2D eigenvalue weighted by Gasteiger charge is 2.10. The van der Waals surface area contributed by atoms with Crippen LogP contribution in [0.15, 0.2) is 24.3 Å². The summed E-state index contributed by atoms with van der Waals surface area (Å²) in [4.78, 5) is 0. The van der Waals surface area contributed by atoms with Crippen LogP contribution in [-0.4, -0.2) is 26.9 Å². The van der Waals surface area contributed by atoms with E-state index in [0.717, 1.165) is 31.9 Å². The van der Waals surface area contributed by atoms with Crippen molar-refractivity contribution in [2.24, 2.45) is 5.92 Å². The number of nitrogens with one attached hydrogen (secondary N) is 1. The molecule has 0 heterocycles. The molecule has 3 nitrogen and oxygen atoms in total. The van der Waals surface area contributed by atoms with E-state index in [2.05, 4.69) is 38.2 Å². The number of benzene rings is 1. The van der Waals surface area contributed by atoms with Crippen molar-refractivity contribution in [3.05, 3.63) is 29.8 Å². The summed E-state index contributed by atoms with van der Waals surface area (Å²) in [7, 11) is 1.73. The predicted octanol–water partition coefficient (Wildman–Crippen LogP) is 3.41. The normalized spacial score (nSPS) is 12.7. The summed E-state index contributed by atoms with van der Waals surface area (Å²) in [6.07, 6.45) is 1.02. The molecule has 0 saturated heterocycles. The van der Waals surface area contributed by atoms with Crippen LogP contribution < -0.4 is 10.1 Å². The first-order valence-corrected chi connectivity index (χ1v) is 7.09. The zero-order chi connectivity index (χ0) is 14.1. The van der Waals surface area contributed by atoms with Gasteiger partial charge < -0.3 is 14.8 Å². The molecule has 3 heteroatoms. The van der Waals surface area contributed by atoms with Gasteiger partial charge in [-0.25, -0.2) is 0 Å². The van der Waals surface area contributed by atoms with Crippen LogP contribution in [0.1, 0.15) is 38.8 Å². The Balaban J connectivity index is 2.54. The molecule has 0 unspecified atom stereocenters. The Labute approximate surface area is 117 Å². The third-order valence-corrected chi connectivity index (χ3v) is 2.93. The van der Waals surface area contributed by atoms with Crippen LogP contribution in [0, 0.1) is 5.92 Å². The highest BCUT2D eigenvalue weighted by atomic mass is 16.5. The maximum Gasteiger partial charge on any atom is 0.124 e. The van der Waals surface area contributed by atoms with E-state index >= 15 is 0 Å². The molecule has 0 fully saturated rings. The fraction of sp³-hybridized carbons (Fsp3) is 0.625. The number of hydrogen-bond acceptors (Lipinski definition) is 3. The summed E-state index contributed by atoms with van der Waals surface area (Å²) < 4.78 is 10.9. The first-order chi connectivity index (χ1) is 9.15. The largest absolute Gasteiger partial charge is 0.493 e. The first-order valence-electron chi connectivity index (χ1n) is 7.09. The second-order valence-corrected chi connectivity index (χ2v) is 5.26. The highest BCUT2D eigenvalue weighted by Crippen LogP contribution is 2.25. The van der Waals surface area contributed by atoms with E-state index in [1.54, 1.807) is 7.11 Å². The molecule has 1 atom stereocenters. The van der Waals surface area contributed by atoms with Crippen LogP contribution in [0.25, 0.3) is 0 Å². The van der Waals surface area contributed by atoms with E-state index in [9.17, 15) is 0 Å². The van der Waals surface area contributed by atoms with Crippen LogP contribution in [0.5, 0.6) is 5.75 Å². The molecule has 1 rings (SSSR count).